The summed E-state index contributed by atoms with van der Waals surface area (Å²) >= 11 is 6.52. The van der Waals surface area contributed by atoms with Crippen molar-refractivity contribution in [2.45, 2.75) is 19.9 Å². The Morgan fingerprint density at radius 1 is 1.19 bits per heavy atom. The zero-order valence-electron chi connectivity index (χ0n) is 20.6. The van der Waals surface area contributed by atoms with Gasteiger partial charge in [0.1, 0.15) is 0 Å². The van der Waals surface area contributed by atoms with Gasteiger partial charge in [-0.3, -0.25) is 4.72 Å². The average Bonchev–Trinajstić information content (AvgIpc) is 2.77. The molecule has 0 bridgehead atoms. The SMILES string of the molecule is CCS(=O)(=O)Nc1cccc(Cc2c(CN(C)C)c3c[c-]c(OC(=O)N(C)C)cc3oc2=O)c1Cl.[Hf]. The molecule has 1 aromatic heterocycles. The maximum atomic E-state index is 13.1. The molecule has 9 nitrogen and oxygen atoms in total. The number of halogens is 1. The summed E-state index contributed by atoms with van der Waals surface area (Å²) in [5.74, 6) is 0.0267. The van der Waals surface area contributed by atoms with Crippen LogP contribution in [0.4, 0.5) is 10.5 Å². The van der Waals surface area contributed by atoms with Crippen molar-refractivity contribution in [1.82, 2.24) is 9.80 Å². The van der Waals surface area contributed by atoms with E-state index in [-0.39, 0.29) is 60.1 Å². The van der Waals surface area contributed by atoms with E-state index in [1.807, 2.05) is 19.0 Å². The molecular formula is C24H27ClHfN3O6S-. The molecule has 0 unspecified atom stereocenters. The molecule has 2 aromatic carbocycles. The van der Waals surface area contributed by atoms with Gasteiger partial charge in [0.25, 0.3) is 0 Å². The Bertz CT molecular complexity index is 1420. The molecule has 1 amide bonds. The van der Waals surface area contributed by atoms with Crippen LogP contribution in [0.1, 0.15) is 23.6 Å². The summed E-state index contributed by atoms with van der Waals surface area (Å²) in [4.78, 5) is 28.1. The number of hydrogen-bond acceptors (Lipinski definition) is 7. The quantitative estimate of drug-likeness (QED) is 0.217. The molecule has 1 heterocycles. The number of anilines is 1. The molecule has 192 valence electrons. The number of amides is 1. The van der Waals surface area contributed by atoms with Crippen LogP contribution < -0.4 is 15.1 Å². The molecule has 36 heavy (non-hydrogen) atoms. The van der Waals surface area contributed by atoms with E-state index >= 15 is 0 Å². The first kappa shape index (κ1) is 30.0. The second kappa shape index (κ2) is 12.4. The van der Waals surface area contributed by atoms with Gasteiger partial charge in [-0.15, -0.1) is 6.07 Å². The zero-order chi connectivity index (χ0) is 25.9. The summed E-state index contributed by atoms with van der Waals surface area (Å²) in [6, 6.07) is 11.0. The number of fused-ring (bicyclic) bond motifs is 1. The van der Waals surface area contributed by atoms with Gasteiger partial charge in [-0.1, -0.05) is 40.7 Å². The number of rotatable bonds is 8. The van der Waals surface area contributed by atoms with Gasteiger partial charge in [-0.2, -0.15) is 6.07 Å². The number of carbonyl (C=O) groups is 1. The van der Waals surface area contributed by atoms with Gasteiger partial charge < -0.3 is 19.0 Å². The first-order chi connectivity index (χ1) is 16.4. The molecule has 0 atom stereocenters. The van der Waals surface area contributed by atoms with Crippen LogP contribution in [0.3, 0.4) is 0 Å². The van der Waals surface area contributed by atoms with Crippen LogP contribution in [-0.4, -0.2) is 58.3 Å². The fourth-order valence-corrected chi connectivity index (χ4v) is 4.31. The number of hydrogen-bond donors (Lipinski definition) is 1. The minimum Gasteiger partial charge on any atom is -0.449 e. The topological polar surface area (TPSA) is 109 Å². The maximum Gasteiger partial charge on any atom is 0.412 e. The molecule has 0 fully saturated rings. The van der Waals surface area contributed by atoms with Gasteiger partial charge in [-0.25, -0.2) is 18.0 Å². The number of ether oxygens (including phenoxy) is 1. The van der Waals surface area contributed by atoms with E-state index in [4.69, 9.17) is 20.8 Å². The third-order valence-corrected chi connectivity index (χ3v) is 6.89. The second-order valence-electron chi connectivity index (χ2n) is 8.38. The fraction of sp³-hybridized carbons (Fsp3) is 0.333. The fourth-order valence-electron chi connectivity index (χ4n) is 3.37. The van der Waals surface area contributed by atoms with Gasteiger partial charge in [0.2, 0.25) is 10.0 Å². The van der Waals surface area contributed by atoms with Gasteiger partial charge in [0.05, 0.1) is 16.5 Å². The Hall–Kier alpha value is -2.21. The molecule has 3 aromatic rings. The van der Waals surface area contributed by atoms with Crippen LogP contribution in [0, 0.1) is 6.07 Å². The summed E-state index contributed by atoms with van der Waals surface area (Å²) in [6.07, 6.45) is -0.458. The average molecular weight is 700 g/mol. The zero-order valence-corrected chi connectivity index (χ0v) is 25.8. The Balaban J connectivity index is 0.00000456. The van der Waals surface area contributed by atoms with E-state index in [1.165, 1.54) is 17.9 Å². The van der Waals surface area contributed by atoms with Crippen molar-refractivity contribution >= 4 is 44.4 Å². The molecule has 0 radical (unpaired) electrons. The Labute approximate surface area is 234 Å². The number of nitrogens with one attached hydrogen (secondary N) is 1. The molecule has 0 aliphatic rings. The van der Waals surface area contributed by atoms with Crippen LogP contribution >= 0.6 is 11.6 Å². The van der Waals surface area contributed by atoms with Crippen molar-refractivity contribution < 1.29 is 48.2 Å². The smallest absolute Gasteiger partial charge is 0.412 e. The molecule has 0 spiro atoms. The van der Waals surface area contributed by atoms with Crippen molar-refractivity contribution in [1.29, 1.82) is 0 Å². The Morgan fingerprint density at radius 2 is 1.89 bits per heavy atom. The van der Waals surface area contributed by atoms with E-state index in [1.54, 1.807) is 38.4 Å². The Kier molecular flexibility index (Phi) is 10.3. The van der Waals surface area contributed by atoms with Crippen LogP contribution in [0.5, 0.6) is 5.75 Å². The van der Waals surface area contributed by atoms with E-state index < -0.39 is 21.7 Å². The summed E-state index contributed by atoms with van der Waals surface area (Å²) in [7, 11) is 3.32. The molecule has 1 N–H and O–H groups in total. The summed E-state index contributed by atoms with van der Waals surface area (Å²) in [5, 5.41) is 0.842. The third kappa shape index (κ3) is 7.18. The molecule has 0 aliphatic carbocycles. The van der Waals surface area contributed by atoms with E-state index in [9.17, 15) is 18.0 Å². The number of carbonyl (C=O) groups excluding carboxylic acids is 1. The molecule has 12 heteroatoms. The van der Waals surface area contributed by atoms with Gasteiger partial charge in [0.15, 0.2) is 0 Å². The standard InChI is InChI=1S/C24H27ClN3O6S.Hf/c1-6-35(31,32)26-20-9-7-8-15(22(20)25)12-18-19(14-27(2)3)17-11-10-16(33-24(30)28(4)5)13-21(17)34-23(18)29;/h7-9,11,13,26H,6,12,14H2,1-5H3;/q-1;. The summed E-state index contributed by atoms with van der Waals surface area (Å²) in [5.41, 5.74) is 1.59. The van der Waals surface area contributed by atoms with Crippen molar-refractivity contribution in [3.8, 4) is 5.75 Å². The molecule has 0 aliphatic heterocycles. The van der Waals surface area contributed by atoms with E-state index in [2.05, 4.69) is 10.8 Å². The Morgan fingerprint density at radius 3 is 2.50 bits per heavy atom. The minimum atomic E-state index is -3.53. The molecule has 0 saturated carbocycles. The van der Waals surface area contributed by atoms with Crippen LogP contribution in [0.25, 0.3) is 11.0 Å². The van der Waals surface area contributed by atoms with Crippen molar-refractivity contribution in [2.24, 2.45) is 0 Å². The van der Waals surface area contributed by atoms with Gasteiger partial charge in [0, 0.05) is 69.8 Å². The van der Waals surface area contributed by atoms with Crippen molar-refractivity contribution in [3.63, 3.8) is 0 Å². The van der Waals surface area contributed by atoms with E-state index in [0.29, 0.717) is 28.6 Å². The van der Waals surface area contributed by atoms with Gasteiger partial charge in [-0.05, 0) is 32.6 Å². The largest absolute Gasteiger partial charge is 0.449 e. The van der Waals surface area contributed by atoms with Crippen LogP contribution in [-0.2, 0) is 48.8 Å². The van der Waals surface area contributed by atoms with Crippen LogP contribution in [0.15, 0.2) is 39.5 Å². The third-order valence-electron chi connectivity index (χ3n) is 5.15. The summed E-state index contributed by atoms with van der Waals surface area (Å²) in [6.45, 7) is 1.94. The number of nitrogens with zero attached hydrogens (tertiary/aromatic N) is 2. The van der Waals surface area contributed by atoms with Crippen LogP contribution in [0.2, 0.25) is 5.02 Å². The first-order valence-corrected chi connectivity index (χ1v) is 12.8. The minimum absolute atomic E-state index is 0. The summed E-state index contributed by atoms with van der Waals surface area (Å²) < 4.78 is 37.3. The normalized spacial score (nSPS) is 11.3. The predicted octanol–water partition coefficient (Wildman–Crippen LogP) is 3.72. The van der Waals surface area contributed by atoms with E-state index in [0.717, 1.165) is 0 Å². The van der Waals surface area contributed by atoms with Crippen molar-refractivity contribution in [2.75, 3.05) is 38.7 Å². The number of sulfonamides is 1. The molecular weight excluding hydrogens is 672 g/mol. The number of benzene rings is 2. The van der Waals surface area contributed by atoms with Crippen molar-refractivity contribution in [3.05, 3.63) is 68.5 Å². The second-order valence-corrected chi connectivity index (χ2v) is 10.8. The first-order valence-electron chi connectivity index (χ1n) is 10.7. The maximum absolute atomic E-state index is 13.1. The monoisotopic (exact) mass is 700 g/mol. The molecule has 0 saturated heterocycles. The predicted molar refractivity (Wildman–Crippen MR) is 136 cm³/mol. The van der Waals surface area contributed by atoms with Gasteiger partial charge >= 0.3 is 11.7 Å². The molecule has 3 rings (SSSR count).